The Morgan fingerprint density at radius 2 is 2.11 bits per heavy atom. The minimum atomic E-state index is -4.12. The van der Waals surface area contributed by atoms with E-state index in [1.807, 2.05) is 0 Å². The lowest BCUT2D eigenvalue weighted by atomic mass is 10.1. The zero-order chi connectivity index (χ0) is 19.9. The van der Waals surface area contributed by atoms with Gasteiger partial charge in [-0.15, -0.1) is 0 Å². The average Bonchev–Trinajstić information content (AvgIpc) is 3.24. The van der Waals surface area contributed by atoms with Crippen molar-refractivity contribution in [1.29, 1.82) is 0 Å². The second-order valence-electron chi connectivity index (χ2n) is 6.44. The summed E-state index contributed by atoms with van der Waals surface area (Å²) in [5.74, 6) is 0.139. The van der Waals surface area contributed by atoms with E-state index in [4.69, 9.17) is 19.7 Å². The quantitative estimate of drug-likeness (QED) is 0.535. The summed E-state index contributed by atoms with van der Waals surface area (Å²) in [4.78, 5) is 22.0. The van der Waals surface area contributed by atoms with Gasteiger partial charge in [-0.2, -0.15) is 0 Å². The number of hydrogen-bond donors (Lipinski definition) is 3. The summed E-state index contributed by atoms with van der Waals surface area (Å²) in [7, 11) is -4.12. The van der Waals surface area contributed by atoms with E-state index in [1.165, 1.54) is 21.9 Å². The van der Waals surface area contributed by atoms with Gasteiger partial charge >= 0.3 is 7.75 Å². The molecule has 2 aliphatic heterocycles. The summed E-state index contributed by atoms with van der Waals surface area (Å²) >= 11 is 0. The summed E-state index contributed by atoms with van der Waals surface area (Å²) in [5, 5.41) is 10.3. The first-order valence-electron chi connectivity index (χ1n) is 8.59. The number of morpholine rings is 1. The van der Waals surface area contributed by atoms with Crippen molar-refractivity contribution in [3.8, 4) is 0 Å². The molecule has 0 bridgehead atoms. The van der Waals surface area contributed by atoms with E-state index < -0.39 is 39.0 Å². The van der Waals surface area contributed by atoms with Crippen LogP contribution in [-0.2, 0) is 18.6 Å². The van der Waals surface area contributed by atoms with E-state index in [0.29, 0.717) is 18.7 Å². The second-order valence-corrected chi connectivity index (χ2v) is 8.24. The Morgan fingerprint density at radius 1 is 1.36 bits per heavy atom. The molecule has 5 atom stereocenters. The van der Waals surface area contributed by atoms with Gasteiger partial charge in [0.05, 0.1) is 26.1 Å². The monoisotopic (exact) mass is 418 g/mol. The van der Waals surface area contributed by atoms with Crippen LogP contribution >= 0.6 is 7.75 Å². The van der Waals surface area contributed by atoms with Crippen LogP contribution in [0.25, 0.3) is 11.2 Å². The molecule has 0 amide bonds. The normalized spacial score (nSPS) is 31.2. The first-order chi connectivity index (χ1) is 13.4. The number of ether oxygens (including phenoxy) is 2. The van der Waals surface area contributed by atoms with Crippen molar-refractivity contribution < 1.29 is 33.0 Å². The van der Waals surface area contributed by atoms with Crippen LogP contribution in [0.15, 0.2) is 12.7 Å². The Bertz CT molecular complexity index is 894. The molecule has 154 valence electrons. The molecule has 0 aliphatic carbocycles. The first kappa shape index (κ1) is 19.6. The molecule has 1 unspecified atom stereocenters. The van der Waals surface area contributed by atoms with Crippen LogP contribution in [0.4, 0.5) is 10.2 Å². The number of nitrogen functional groups attached to an aromatic ring is 1. The maximum Gasteiger partial charge on any atom is 0.405 e. The molecule has 2 aromatic rings. The summed E-state index contributed by atoms with van der Waals surface area (Å²) < 4.78 is 45.3. The zero-order valence-electron chi connectivity index (χ0n) is 14.7. The van der Waals surface area contributed by atoms with Crippen molar-refractivity contribution >= 4 is 24.7 Å². The molecular weight excluding hydrogens is 398 g/mol. The SMILES string of the molecule is Nc1ncnc2c1ncn2[C@@H]1O[C@H](COP(=O)(O)N2CCOCC2)[C@H](F)[C@H]1O. The number of nitrogens with zero attached hydrogens (tertiary/aromatic N) is 5. The maximum absolute atomic E-state index is 14.6. The van der Waals surface area contributed by atoms with Crippen molar-refractivity contribution in [3.63, 3.8) is 0 Å². The number of fused-ring (bicyclic) bond motifs is 1. The molecular formula is C14H20FN6O6P. The fraction of sp³-hybridized carbons (Fsp3) is 0.643. The third kappa shape index (κ3) is 3.50. The highest BCUT2D eigenvalue weighted by atomic mass is 31.2. The van der Waals surface area contributed by atoms with Gasteiger partial charge in [-0.1, -0.05) is 0 Å². The molecule has 2 aromatic heterocycles. The van der Waals surface area contributed by atoms with Gasteiger partial charge in [0.2, 0.25) is 0 Å². The number of hydrogen-bond acceptors (Lipinski definition) is 9. The van der Waals surface area contributed by atoms with Gasteiger partial charge in [0.25, 0.3) is 0 Å². The van der Waals surface area contributed by atoms with Crippen LogP contribution in [0.5, 0.6) is 0 Å². The topological polar surface area (TPSA) is 158 Å². The smallest absolute Gasteiger partial charge is 0.385 e. The molecule has 14 heteroatoms. The molecule has 2 aliphatic rings. The van der Waals surface area contributed by atoms with Crippen molar-refractivity contribution in [1.82, 2.24) is 24.2 Å². The van der Waals surface area contributed by atoms with Crippen molar-refractivity contribution in [3.05, 3.63) is 12.7 Å². The Kier molecular flexibility index (Phi) is 5.31. The summed E-state index contributed by atoms with van der Waals surface area (Å²) in [6.45, 7) is 0.555. The number of alkyl halides is 1. The molecule has 2 fully saturated rings. The summed E-state index contributed by atoms with van der Waals surface area (Å²) in [6.07, 6.45) is -3.27. The zero-order valence-corrected chi connectivity index (χ0v) is 15.6. The third-order valence-corrected chi connectivity index (χ3v) is 6.30. The Morgan fingerprint density at radius 3 is 2.86 bits per heavy atom. The lowest BCUT2D eigenvalue weighted by Gasteiger charge is -2.30. The average molecular weight is 418 g/mol. The number of anilines is 1. The van der Waals surface area contributed by atoms with Gasteiger partial charge in [0, 0.05) is 13.1 Å². The van der Waals surface area contributed by atoms with Gasteiger partial charge in [-0.05, 0) is 0 Å². The Labute approximate surface area is 158 Å². The van der Waals surface area contributed by atoms with Crippen molar-refractivity contribution in [2.75, 3.05) is 38.6 Å². The Balaban J connectivity index is 1.47. The maximum atomic E-state index is 14.6. The number of nitrogens with two attached hydrogens (primary N) is 1. The van der Waals surface area contributed by atoms with Gasteiger partial charge in [0.15, 0.2) is 23.9 Å². The van der Waals surface area contributed by atoms with E-state index in [1.54, 1.807) is 0 Å². The van der Waals surface area contributed by atoms with Gasteiger partial charge in [-0.25, -0.2) is 28.6 Å². The van der Waals surface area contributed by atoms with E-state index in [9.17, 15) is 19.0 Å². The number of imidazole rings is 1. The minimum absolute atomic E-state index is 0.139. The molecule has 4 N–H and O–H groups in total. The lowest BCUT2D eigenvalue weighted by Crippen LogP contribution is -2.35. The summed E-state index contributed by atoms with van der Waals surface area (Å²) in [5.41, 5.74) is 6.29. The third-order valence-electron chi connectivity index (χ3n) is 4.70. The molecule has 2 saturated heterocycles. The van der Waals surface area contributed by atoms with E-state index in [-0.39, 0.29) is 24.6 Å². The predicted octanol–water partition coefficient (Wildman–Crippen LogP) is -0.546. The molecule has 28 heavy (non-hydrogen) atoms. The second kappa shape index (κ2) is 7.59. The molecule has 0 aromatic carbocycles. The Hall–Kier alpha value is -1.73. The number of halogens is 1. The number of rotatable bonds is 5. The van der Waals surface area contributed by atoms with Crippen LogP contribution in [0.1, 0.15) is 6.23 Å². The standard InChI is InChI=1S/C14H20FN6O6P/c15-9-8(5-26-28(23,24)20-1-3-25-4-2-20)27-14(11(9)22)21-7-19-10-12(16)17-6-18-13(10)21/h6-9,11,14,22H,1-5H2,(H,23,24)(H2,16,17,18)/t8-,9+,11-,14-/m1/s1. The molecule has 0 saturated carbocycles. The van der Waals surface area contributed by atoms with Gasteiger partial charge < -0.3 is 25.2 Å². The fourth-order valence-corrected chi connectivity index (χ4v) is 4.36. The molecule has 12 nitrogen and oxygen atoms in total. The van der Waals surface area contributed by atoms with Gasteiger partial charge in [-0.3, -0.25) is 9.09 Å². The highest BCUT2D eigenvalue weighted by Crippen LogP contribution is 2.47. The van der Waals surface area contributed by atoms with E-state index >= 15 is 0 Å². The predicted molar refractivity (Wildman–Crippen MR) is 92.7 cm³/mol. The largest absolute Gasteiger partial charge is 0.405 e. The van der Waals surface area contributed by atoms with Crippen LogP contribution in [0.2, 0.25) is 0 Å². The lowest BCUT2D eigenvalue weighted by molar-refractivity contribution is -0.0492. The van der Waals surface area contributed by atoms with Crippen LogP contribution < -0.4 is 5.73 Å². The highest BCUT2D eigenvalue weighted by Gasteiger charge is 2.47. The molecule has 4 rings (SSSR count). The molecule has 0 radical (unpaired) electrons. The summed E-state index contributed by atoms with van der Waals surface area (Å²) in [6, 6.07) is 0. The van der Waals surface area contributed by atoms with E-state index in [2.05, 4.69) is 15.0 Å². The van der Waals surface area contributed by atoms with Crippen molar-refractivity contribution in [2.24, 2.45) is 0 Å². The van der Waals surface area contributed by atoms with Crippen molar-refractivity contribution in [2.45, 2.75) is 24.6 Å². The minimum Gasteiger partial charge on any atom is -0.385 e. The first-order valence-corrected chi connectivity index (χ1v) is 10.1. The van der Waals surface area contributed by atoms with Crippen LogP contribution in [-0.4, -0.2) is 85.5 Å². The number of aromatic nitrogens is 4. The van der Waals surface area contributed by atoms with Crippen LogP contribution in [0.3, 0.4) is 0 Å². The highest BCUT2D eigenvalue weighted by molar-refractivity contribution is 7.50. The number of aliphatic hydroxyl groups is 1. The molecule has 4 heterocycles. The van der Waals surface area contributed by atoms with Gasteiger partial charge in [0.1, 0.15) is 24.1 Å². The van der Waals surface area contributed by atoms with Crippen LogP contribution in [0, 0.1) is 0 Å². The van der Waals surface area contributed by atoms with E-state index in [0.717, 1.165) is 0 Å². The fourth-order valence-electron chi connectivity index (χ4n) is 3.19. The molecule has 0 spiro atoms. The number of aliphatic hydroxyl groups excluding tert-OH is 1.